The molecule has 0 saturated heterocycles. The molecule has 0 aromatic heterocycles. The van der Waals surface area contributed by atoms with Crippen molar-refractivity contribution in [2.75, 3.05) is 11.5 Å². The molecule has 94 valence electrons. The van der Waals surface area contributed by atoms with E-state index in [1.807, 2.05) is 23.5 Å². The van der Waals surface area contributed by atoms with Crippen LogP contribution in [0.25, 0.3) is 0 Å². The predicted octanol–water partition coefficient (Wildman–Crippen LogP) is 5.31. The van der Waals surface area contributed by atoms with Gasteiger partial charge < -0.3 is 0 Å². The van der Waals surface area contributed by atoms with Crippen LogP contribution in [0.15, 0.2) is 64.4 Å². The van der Waals surface area contributed by atoms with E-state index in [4.69, 9.17) is 11.6 Å². The smallest absolute Gasteiger partial charge is 0.0474 e. The molecule has 18 heavy (non-hydrogen) atoms. The summed E-state index contributed by atoms with van der Waals surface area (Å²) in [7, 11) is 0. The fourth-order valence-electron chi connectivity index (χ4n) is 1.51. The first kappa shape index (κ1) is 13.9. The minimum Gasteiger partial charge on any atom is -0.125 e. The van der Waals surface area contributed by atoms with E-state index in [0.29, 0.717) is 5.88 Å². The molecule has 0 aliphatic rings. The van der Waals surface area contributed by atoms with Gasteiger partial charge in [0.05, 0.1) is 0 Å². The number of rotatable bonds is 6. The standard InChI is InChI=1S/C15H15ClS2/c16-12-13-6-8-15(9-7-13)18-11-10-17-14-4-2-1-3-5-14/h1-9H,10-12H2. The molecule has 0 atom stereocenters. The van der Waals surface area contributed by atoms with E-state index in [0.717, 1.165) is 11.5 Å². The monoisotopic (exact) mass is 294 g/mol. The van der Waals surface area contributed by atoms with E-state index in [-0.39, 0.29) is 0 Å². The second kappa shape index (κ2) is 7.78. The highest BCUT2D eigenvalue weighted by atomic mass is 35.5. The van der Waals surface area contributed by atoms with Gasteiger partial charge in [-0.2, -0.15) is 0 Å². The number of hydrogen-bond acceptors (Lipinski definition) is 2. The van der Waals surface area contributed by atoms with Gasteiger partial charge in [0.2, 0.25) is 0 Å². The summed E-state index contributed by atoms with van der Waals surface area (Å²) in [5.41, 5.74) is 1.18. The lowest BCUT2D eigenvalue weighted by Crippen LogP contribution is -1.84. The van der Waals surface area contributed by atoms with E-state index in [1.165, 1.54) is 15.4 Å². The van der Waals surface area contributed by atoms with Gasteiger partial charge in [0.25, 0.3) is 0 Å². The normalized spacial score (nSPS) is 10.5. The van der Waals surface area contributed by atoms with E-state index in [9.17, 15) is 0 Å². The Bertz CT molecular complexity index is 454. The molecule has 2 aromatic rings. The van der Waals surface area contributed by atoms with Crippen molar-refractivity contribution in [1.82, 2.24) is 0 Å². The van der Waals surface area contributed by atoms with Crippen LogP contribution in [0.3, 0.4) is 0 Å². The zero-order valence-electron chi connectivity index (χ0n) is 10.0. The topological polar surface area (TPSA) is 0 Å². The van der Waals surface area contributed by atoms with Crippen LogP contribution in [0.2, 0.25) is 0 Å². The second-order valence-corrected chi connectivity index (χ2v) is 6.39. The van der Waals surface area contributed by atoms with Crippen molar-refractivity contribution in [2.45, 2.75) is 15.7 Å². The number of thioether (sulfide) groups is 2. The molecule has 0 heterocycles. The Morgan fingerprint density at radius 3 is 1.83 bits per heavy atom. The van der Waals surface area contributed by atoms with Gasteiger partial charge in [0.1, 0.15) is 0 Å². The fraction of sp³-hybridized carbons (Fsp3) is 0.200. The van der Waals surface area contributed by atoms with Gasteiger partial charge in [-0.3, -0.25) is 0 Å². The molecular weight excluding hydrogens is 280 g/mol. The maximum atomic E-state index is 5.76. The largest absolute Gasteiger partial charge is 0.125 e. The van der Waals surface area contributed by atoms with Crippen LogP contribution < -0.4 is 0 Å². The van der Waals surface area contributed by atoms with Crippen LogP contribution in [0.1, 0.15) is 5.56 Å². The Hall–Kier alpha value is -0.570. The first-order valence-electron chi connectivity index (χ1n) is 5.84. The number of hydrogen-bond donors (Lipinski definition) is 0. The van der Waals surface area contributed by atoms with E-state index in [2.05, 4.69) is 54.6 Å². The van der Waals surface area contributed by atoms with Gasteiger partial charge in [-0.15, -0.1) is 35.1 Å². The molecule has 0 spiro atoms. The van der Waals surface area contributed by atoms with E-state index in [1.54, 1.807) is 0 Å². The summed E-state index contributed by atoms with van der Waals surface area (Å²) in [6, 6.07) is 19.0. The van der Waals surface area contributed by atoms with Gasteiger partial charge in [0, 0.05) is 27.2 Å². The highest BCUT2D eigenvalue weighted by Crippen LogP contribution is 2.23. The molecule has 0 nitrogen and oxygen atoms in total. The van der Waals surface area contributed by atoms with Crippen molar-refractivity contribution in [3.8, 4) is 0 Å². The summed E-state index contributed by atoms with van der Waals surface area (Å²) in [6.45, 7) is 0. The first-order valence-corrected chi connectivity index (χ1v) is 8.34. The summed E-state index contributed by atoms with van der Waals surface area (Å²) >= 11 is 9.56. The highest BCUT2D eigenvalue weighted by molar-refractivity contribution is 8.03. The lowest BCUT2D eigenvalue weighted by molar-refractivity contribution is 1.33. The average Bonchev–Trinajstić information content (AvgIpc) is 2.45. The van der Waals surface area contributed by atoms with Crippen LogP contribution in [-0.2, 0) is 5.88 Å². The lowest BCUT2D eigenvalue weighted by Gasteiger charge is -2.03. The van der Waals surface area contributed by atoms with E-state index >= 15 is 0 Å². The molecule has 0 amide bonds. The fourth-order valence-corrected chi connectivity index (χ4v) is 3.50. The Balaban J connectivity index is 1.72. The molecule has 2 aromatic carbocycles. The van der Waals surface area contributed by atoms with Crippen molar-refractivity contribution in [2.24, 2.45) is 0 Å². The van der Waals surface area contributed by atoms with Crippen molar-refractivity contribution in [3.05, 3.63) is 60.2 Å². The summed E-state index contributed by atoms with van der Waals surface area (Å²) < 4.78 is 0. The number of alkyl halides is 1. The van der Waals surface area contributed by atoms with Crippen LogP contribution in [0, 0.1) is 0 Å². The van der Waals surface area contributed by atoms with Crippen molar-refractivity contribution in [3.63, 3.8) is 0 Å². The molecule has 0 fully saturated rings. The van der Waals surface area contributed by atoms with Crippen LogP contribution >= 0.6 is 35.1 Å². The van der Waals surface area contributed by atoms with Crippen molar-refractivity contribution >= 4 is 35.1 Å². The second-order valence-electron chi connectivity index (χ2n) is 3.79. The lowest BCUT2D eigenvalue weighted by atomic mass is 10.2. The van der Waals surface area contributed by atoms with Crippen molar-refractivity contribution < 1.29 is 0 Å². The average molecular weight is 295 g/mol. The third-order valence-electron chi connectivity index (χ3n) is 2.44. The molecule has 0 aliphatic carbocycles. The van der Waals surface area contributed by atoms with Crippen LogP contribution in [0.5, 0.6) is 0 Å². The van der Waals surface area contributed by atoms with E-state index < -0.39 is 0 Å². The van der Waals surface area contributed by atoms with Gasteiger partial charge in [-0.25, -0.2) is 0 Å². The number of halogens is 1. The Morgan fingerprint density at radius 2 is 1.28 bits per heavy atom. The first-order chi connectivity index (χ1) is 8.88. The summed E-state index contributed by atoms with van der Waals surface area (Å²) in [5.74, 6) is 2.85. The summed E-state index contributed by atoms with van der Waals surface area (Å²) in [4.78, 5) is 2.66. The minimum absolute atomic E-state index is 0.592. The molecule has 0 radical (unpaired) electrons. The van der Waals surface area contributed by atoms with Gasteiger partial charge >= 0.3 is 0 Å². The molecule has 0 N–H and O–H groups in total. The molecular formula is C15H15ClS2. The molecule has 0 unspecified atom stereocenters. The molecule has 0 aliphatic heterocycles. The molecule has 0 saturated carbocycles. The number of benzene rings is 2. The van der Waals surface area contributed by atoms with Crippen LogP contribution in [-0.4, -0.2) is 11.5 Å². The Kier molecular flexibility index (Phi) is 5.98. The van der Waals surface area contributed by atoms with Gasteiger partial charge in [-0.05, 0) is 29.8 Å². The maximum absolute atomic E-state index is 5.76. The van der Waals surface area contributed by atoms with Gasteiger partial charge in [-0.1, -0.05) is 30.3 Å². The zero-order chi connectivity index (χ0) is 12.6. The maximum Gasteiger partial charge on any atom is 0.0474 e. The minimum atomic E-state index is 0.592. The zero-order valence-corrected chi connectivity index (χ0v) is 12.4. The Labute approximate surface area is 122 Å². The summed E-state index contributed by atoms with van der Waals surface area (Å²) in [6.07, 6.45) is 0. The van der Waals surface area contributed by atoms with Crippen molar-refractivity contribution in [1.29, 1.82) is 0 Å². The molecule has 2 rings (SSSR count). The molecule has 3 heteroatoms. The molecule has 0 bridgehead atoms. The SMILES string of the molecule is ClCc1ccc(SCCSc2ccccc2)cc1. The predicted molar refractivity (Wildman–Crippen MR) is 83.9 cm³/mol. The summed E-state index contributed by atoms with van der Waals surface area (Å²) in [5, 5.41) is 0. The Morgan fingerprint density at radius 1 is 0.722 bits per heavy atom. The highest BCUT2D eigenvalue weighted by Gasteiger charge is 1.96. The van der Waals surface area contributed by atoms with Gasteiger partial charge in [0.15, 0.2) is 0 Å². The van der Waals surface area contributed by atoms with Crippen LogP contribution in [0.4, 0.5) is 0 Å². The quantitative estimate of drug-likeness (QED) is 0.402. The third kappa shape index (κ3) is 4.60. The third-order valence-corrected chi connectivity index (χ3v) is 5.04.